The van der Waals surface area contributed by atoms with Gasteiger partial charge in [-0.05, 0) is 42.5 Å². The first-order valence-electron chi connectivity index (χ1n) is 9.09. The molecule has 4 rings (SSSR count). The van der Waals surface area contributed by atoms with Gasteiger partial charge in [-0.1, -0.05) is 36.4 Å². The van der Waals surface area contributed by atoms with Gasteiger partial charge in [-0.15, -0.1) is 11.3 Å². The molecule has 27 heavy (non-hydrogen) atoms. The summed E-state index contributed by atoms with van der Waals surface area (Å²) in [5.41, 5.74) is 0.794. The number of thiophene rings is 1. The maximum absolute atomic E-state index is 12.5. The first-order valence-corrected chi connectivity index (χ1v) is 9.91. The minimum absolute atomic E-state index is 0.0246. The lowest BCUT2D eigenvalue weighted by molar-refractivity contribution is 0.0923. The van der Waals surface area contributed by atoms with Gasteiger partial charge in [-0.3, -0.25) is 4.79 Å². The lowest BCUT2D eigenvalue weighted by atomic mass is 10.1. The minimum atomic E-state index is -0.0875. The summed E-state index contributed by atoms with van der Waals surface area (Å²) in [4.78, 5) is 27.4. The standard InChI is InChI=1S/C21H21N3O2S/c25-20(19-14-15-6-4-5-9-18(15)27-19)22-17-10-12-24(13-11-17)21(26)23-16-7-2-1-3-8-16/h1-9,14,17H,10-13H2,(H,22,25)(H,23,26). The van der Waals surface area contributed by atoms with Crippen molar-refractivity contribution in [2.45, 2.75) is 18.9 Å². The van der Waals surface area contributed by atoms with Crippen LogP contribution in [0.15, 0.2) is 60.7 Å². The zero-order valence-corrected chi connectivity index (χ0v) is 15.7. The van der Waals surface area contributed by atoms with Gasteiger partial charge in [0.25, 0.3) is 5.91 Å². The second kappa shape index (κ2) is 7.80. The van der Waals surface area contributed by atoms with Crippen LogP contribution in [0.3, 0.4) is 0 Å². The predicted octanol–water partition coefficient (Wildman–Crippen LogP) is 4.33. The van der Waals surface area contributed by atoms with Gasteiger partial charge in [0.1, 0.15) is 0 Å². The molecule has 0 aliphatic carbocycles. The topological polar surface area (TPSA) is 61.4 Å². The molecule has 1 aliphatic rings. The highest BCUT2D eigenvalue weighted by Crippen LogP contribution is 2.25. The smallest absolute Gasteiger partial charge is 0.321 e. The van der Waals surface area contributed by atoms with E-state index in [4.69, 9.17) is 0 Å². The Balaban J connectivity index is 1.30. The third kappa shape index (κ3) is 4.11. The second-order valence-electron chi connectivity index (χ2n) is 6.68. The van der Waals surface area contributed by atoms with Crippen LogP contribution in [0.25, 0.3) is 10.1 Å². The number of carbonyl (C=O) groups is 2. The highest BCUT2D eigenvalue weighted by Gasteiger charge is 2.24. The molecule has 3 amide bonds. The summed E-state index contributed by atoms with van der Waals surface area (Å²) >= 11 is 1.51. The molecule has 2 N–H and O–H groups in total. The van der Waals surface area contributed by atoms with Crippen LogP contribution in [0.1, 0.15) is 22.5 Å². The maximum Gasteiger partial charge on any atom is 0.321 e. The zero-order valence-electron chi connectivity index (χ0n) is 14.9. The number of para-hydroxylation sites is 1. The van der Waals surface area contributed by atoms with E-state index < -0.39 is 0 Å². The quantitative estimate of drug-likeness (QED) is 0.712. The molecule has 0 unspecified atom stereocenters. The molecule has 0 spiro atoms. The summed E-state index contributed by atoms with van der Waals surface area (Å²) in [6.45, 7) is 1.27. The fraction of sp³-hybridized carbons (Fsp3) is 0.238. The molecule has 2 aromatic carbocycles. The minimum Gasteiger partial charge on any atom is -0.348 e. The lowest BCUT2D eigenvalue weighted by Gasteiger charge is -2.32. The van der Waals surface area contributed by atoms with E-state index >= 15 is 0 Å². The van der Waals surface area contributed by atoms with Crippen molar-refractivity contribution < 1.29 is 9.59 Å². The Morgan fingerprint density at radius 1 is 0.963 bits per heavy atom. The number of nitrogens with zero attached hydrogens (tertiary/aromatic N) is 1. The van der Waals surface area contributed by atoms with Crippen molar-refractivity contribution in [2.24, 2.45) is 0 Å². The van der Waals surface area contributed by atoms with E-state index in [0.29, 0.717) is 13.1 Å². The Hall–Kier alpha value is -2.86. The zero-order chi connectivity index (χ0) is 18.6. The van der Waals surface area contributed by atoms with Gasteiger partial charge < -0.3 is 15.5 Å². The van der Waals surface area contributed by atoms with Crippen LogP contribution in [-0.2, 0) is 0 Å². The second-order valence-corrected chi connectivity index (χ2v) is 7.76. The molecule has 138 valence electrons. The van der Waals surface area contributed by atoms with E-state index in [0.717, 1.165) is 33.5 Å². The lowest BCUT2D eigenvalue weighted by Crippen LogP contribution is -2.47. The number of hydrogen-bond acceptors (Lipinski definition) is 3. The molecule has 5 nitrogen and oxygen atoms in total. The Kier molecular flexibility index (Phi) is 5.07. The van der Waals surface area contributed by atoms with Crippen LogP contribution in [-0.4, -0.2) is 36.0 Å². The summed E-state index contributed by atoms with van der Waals surface area (Å²) in [5.74, 6) is -0.0246. The number of benzene rings is 2. The summed E-state index contributed by atoms with van der Waals surface area (Å²) in [6.07, 6.45) is 1.53. The van der Waals surface area contributed by atoms with Crippen LogP contribution in [0.2, 0.25) is 0 Å². The first kappa shape index (κ1) is 17.5. The van der Waals surface area contributed by atoms with Crippen molar-refractivity contribution in [3.8, 4) is 0 Å². The van der Waals surface area contributed by atoms with Gasteiger partial charge in [0.2, 0.25) is 0 Å². The van der Waals surface area contributed by atoms with E-state index in [9.17, 15) is 9.59 Å². The molecule has 0 saturated carbocycles. The number of likely N-dealkylation sites (tertiary alicyclic amines) is 1. The highest BCUT2D eigenvalue weighted by atomic mass is 32.1. The molecule has 1 saturated heterocycles. The number of piperidine rings is 1. The fourth-order valence-corrected chi connectivity index (χ4v) is 4.27. The monoisotopic (exact) mass is 379 g/mol. The van der Waals surface area contributed by atoms with E-state index in [1.807, 2.05) is 60.7 Å². The number of hydrogen-bond donors (Lipinski definition) is 2. The Bertz CT molecular complexity index is 913. The van der Waals surface area contributed by atoms with Crippen molar-refractivity contribution in [1.82, 2.24) is 10.2 Å². The van der Waals surface area contributed by atoms with E-state index in [2.05, 4.69) is 10.6 Å². The van der Waals surface area contributed by atoms with E-state index in [-0.39, 0.29) is 18.0 Å². The number of fused-ring (bicyclic) bond motifs is 1. The number of nitrogens with one attached hydrogen (secondary N) is 2. The van der Waals surface area contributed by atoms with Gasteiger partial charge in [0.15, 0.2) is 0 Å². The Morgan fingerprint density at radius 3 is 2.41 bits per heavy atom. The molecule has 0 atom stereocenters. The van der Waals surface area contributed by atoms with Crippen LogP contribution in [0, 0.1) is 0 Å². The summed E-state index contributed by atoms with van der Waals surface area (Å²) < 4.78 is 1.12. The molecule has 2 heterocycles. The number of amides is 3. The van der Waals surface area contributed by atoms with Crippen molar-refractivity contribution in [3.63, 3.8) is 0 Å². The SMILES string of the molecule is O=C(NC1CCN(C(=O)Nc2ccccc2)CC1)c1cc2ccccc2s1. The van der Waals surface area contributed by atoms with Crippen molar-refractivity contribution in [1.29, 1.82) is 0 Å². The Morgan fingerprint density at radius 2 is 1.67 bits per heavy atom. The van der Waals surface area contributed by atoms with Gasteiger partial charge in [-0.2, -0.15) is 0 Å². The molecule has 1 fully saturated rings. The Labute approximate surface area is 162 Å². The van der Waals surface area contributed by atoms with Gasteiger partial charge in [-0.25, -0.2) is 4.79 Å². The largest absolute Gasteiger partial charge is 0.348 e. The third-order valence-corrected chi connectivity index (χ3v) is 5.91. The molecule has 1 aliphatic heterocycles. The number of carbonyl (C=O) groups excluding carboxylic acids is 2. The summed E-state index contributed by atoms with van der Waals surface area (Å²) in [7, 11) is 0. The van der Waals surface area contributed by atoms with Crippen molar-refractivity contribution >= 4 is 39.0 Å². The average Bonchev–Trinajstić information content (AvgIpc) is 3.14. The average molecular weight is 379 g/mol. The van der Waals surface area contributed by atoms with Crippen molar-refractivity contribution in [2.75, 3.05) is 18.4 Å². The van der Waals surface area contributed by atoms with Crippen LogP contribution < -0.4 is 10.6 Å². The van der Waals surface area contributed by atoms with Gasteiger partial charge >= 0.3 is 6.03 Å². The van der Waals surface area contributed by atoms with Crippen molar-refractivity contribution in [3.05, 3.63) is 65.5 Å². The summed E-state index contributed by atoms with van der Waals surface area (Å²) in [5, 5.41) is 7.12. The number of urea groups is 1. The molecular formula is C21H21N3O2S. The predicted molar refractivity (Wildman–Crippen MR) is 109 cm³/mol. The molecule has 1 aromatic heterocycles. The third-order valence-electron chi connectivity index (χ3n) is 4.79. The highest BCUT2D eigenvalue weighted by molar-refractivity contribution is 7.20. The molecule has 6 heteroatoms. The van der Waals surface area contributed by atoms with Crippen LogP contribution >= 0.6 is 11.3 Å². The van der Waals surface area contributed by atoms with Crippen LogP contribution in [0.5, 0.6) is 0 Å². The number of rotatable bonds is 3. The van der Waals surface area contributed by atoms with Crippen LogP contribution in [0.4, 0.5) is 10.5 Å². The summed E-state index contributed by atoms with van der Waals surface area (Å²) in [6, 6.07) is 19.4. The van der Waals surface area contributed by atoms with E-state index in [1.54, 1.807) is 4.90 Å². The van der Waals surface area contributed by atoms with Gasteiger partial charge in [0, 0.05) is 29.5 Å². The normalized spacial score (nSPS) is 14.9. The van der Waals surface area contributed by atoms with E-state index in [1.165, 1.54) is 11.3 Å². The molecule has 0 bridgehead atoms. The molecule has 3 aromatic rings. The number of anilines is 1. The van der Waals surface area contributed by atoms with Gasteiger partial charge in [0.05, 0.1) is 4.88 Å². The molecular weight excluding hydrogens is 358 g/mol. The fourth-order valence-electron chi connectivity index (χ4n) is 3.30. The maximum atomic E-state index is 12.5. The molecule has 0 radical (unpaired) electrons. The first-order chi connectivity index (χ1) is 13.2.